The van der Waals surface area contributed by atoms with Crippen LogP contribution in [0.1, 0.15) is 11.4 Å². The molecule has 0 aliphatic carbocycles. The SMILES string of the molecule is CN1CCC=C(c2ncns2)C1.Cl. The quantitative estimate of drug-likeness (QED) is 0.717. The lowest BCUT2D eigenvalue weighted by molar-refractivity contribution is 0.373. The van der Waals surface area contributed by atoms with Gasteiger partial charge in [0.1, 0.15) is 11.3 Å². The van der Waals surface area contributed by atoms with Crippen molar-refractivity contribution in [2.45, 2.75) is 6.42 Å². The van der Waals surface area contributed by atoms with Gasteiger partial charge in [0.05, 0.1) is 0 Å². The van der Waals surface area contributed by atoms with E-state index in [-0.39, 0.29) is 12.4 Å². The molecule has 0 spiro atoms. The van der Waals surface area contributed by atoms with E-state index in [1.807, 2.05) is 0 Å². The molecule has 0 saturated carbocycles. The van der Waals surface area contributed by atoms with E-state index in [1.54, 1.807) is 6.33 Å². The van der Waals surface area contributed by atoms with E-state index in [4.69, 9.17) is 0 Å². The molecule has 0 aromatic carbocycles. The van der Waals surface area contributed by atoms with E-state index in [2.05, 4.69) is 27.4 Å². The normalized spacial score (nSPS) is 17.8. The second-order valence-electron chi connectivity index (χ2n) is 3.00. The lowest BCUT2D eigenvalue weighted by Crippen LogP contribution is -2.24. The van der Waals surface area contributed by atoms with Gasteiger partial charge in [-0.3, -0.25) is 0 Å². The van der Waals surface area contributed by atoms with Crippen molar-refractivity contribution in [2.75, 3.05) is 20.1 Å². The summed E-state index contributed by atoms with van der Waals surface area (Å²) < 4.78 is 3.99. The molecule has 1 aromatic heterocycles. The average molecular weight is 218 g/mol. The van der Waals surface area contributed by atoms with Gasteiger partial charge >= 0.3 is 0 Å². The van der Waals surface area contributed by atoms with E-state index in [1.165, 1.54) is 17.1 Å². The maximum atomic E-state index is 4.19. The van der Waals surface area contributed by atoms with Crippen LogP contribution in [-0.4, -0.2) is 34.4 Å². The van der Waals surface area contributed by atoms with Crippen LogP contribution in [0.2, 0.25) is 0 Å². The molecule has 1 aliphatic rings. The maximum Gasteiger partial charge on any atom is 0.140 e. The second kappa shape index (κ2) is 4.69. The Labute approximate surface area is 88.1 Å². The van der Waals surface area contributed by atoms with E-state index >= 15 is 0 Å². The highest BCUT2D eigenvalue weighted by atomic mass is 35.5. The van der Waals surface area contributed by atoms with Gasteiger partial charge in [0.15, 0.2) is 0 Å². The van der Waals surface area contributed by atoms with Gasteiger partial charge in [0, 0.05) is 13.1 Å². The Morgan fingerprint density at radius 2 is 2.38 bits per heavy atom. The van der Waals surface area contributed by atoms with Gasteiger partial charge in [-0.05, 0) is 30.6 Å². The summed E-state index contributed by atoms with van der Waals surface area (Å²) in [7, 11) is 2.13. The van der Waals surface area contributed by atoms with Crippen molar-refractivity contribution in [3.05, 3.63) is 17.4 Å². The van der Waals surface area contributed by atoms with Gasteiger partial charge in [0.2, 0.25) is 0 Å². The molecule has 2 heterocycles. The molecule has 13 heavy (non-hydrogen) atoms. The summed E-state index contributed by atoms with van der Waals surface area (Å²) in [5, 5.41) is 1.07. The molecular weight excluding hydrogens is 206 g/mol. The van der Waals surface area contributed by atoms with Crippen LogP contribution in [0.4, 0.5) is 0 Å². The Balaban J connectivity index is 0.000000845. The summed E-state index contributed by atoms with van der Waals surface area (Å²) in [4.78, 5) is 6.49. The highest BCUT2D eigenvalue weighted by Gasteiger charge is 2.11. The topological polar surface area (TPSA) is 29.0 Å². The molecule has 0 saturated heterocycles. The zero-order chi connectivity index (χ0) is 8.39. The Morgan fingerprint density at radius 1 is 1.54 bits per heavy atom. The van der Waals surface area contributed by atoms with Crippen LogP contribution in [0.3, 0.4) is 0 Å². The number of hydrogen-bond acceptors (Lipinski definition) is 4. The minimum Gasteiger partial charge on any atom is -0.302 e. The standard InChI is InChI=1S/C8H11N3S.ClH/c1-11-4-2-3-7(5-11)8-9-6-10-12-8;/h3,6H,2,4-5H2,1H3;1H. The number of likely N-dealkylation sites (N-methyl/N-ethyl adjacent to an activating group) is 1. The van der Waals surface area contributed by atoms with Gasteiger partial charge in [0.25, 0.3) is 0 Å². The number of hydrogen-bond donors (Lipinski definition) is 0. The van der Waals surface area contributed by atoms with Crippen molar-refractivity contribution < 1.29 is 0 Å². The molecule has 0 N–H and O–H groups in total. The van der Waals surface area contributed by atoms with Gasteiger partial charge in [-0.15, -0.1) is 12.4 Å². The maximum absolute atomic E-state index is 4.19. The number of halogens is 1. The Kier molecular flexibility index (Phi) is 3.84. The summed E-state index contributed by atoms with van der Waals surface area (Å²) in [5.41, 5.74) is 1.33. The molecule has 0 radical (unpaired) electrons. The zero-order valence-corrected chi connectivity index (χ0v) is 9.07. The molecule has 1 aromatic rings. The smallest absolute Gasteiger partial charge is 0.140 e. The molecule has 0 fully saturated rings. The monoisotopic (exact) mass is 217 g/mol. The Bertz CT molecular complexity index is 284. The summed E-state index contributed by atoms with van der Waals surface area (Å²) in [5.74, 6) is 0. The van der Waals surface area contributed by atoms with Gasteiger partial charge in [-0.2, -0.15) is 4.37 Å². The molecule has 3 nitrogen and oxygen atoms in total. The van der Waals surface area contributed by atoms with E-state index < -0.39 is 0 Å². The molecule has 5 heteroatoms. The largest absolute Gasteiger partial charge is 0.302 e. The summed E-state index contributed by atoms with van der Waals surface area (Å²) in [6.45, 7) is 2.16. The fraction of sp³-hybridized carbons (Fsp3) is 0.500. The molecule has 0 bridgehead atoms. The fourth-order valence-electron chi connectivity index (χ4n) is 1.36. The summed E-state index contributed by atoms with van der Waals surface area (Å²) >= 11 is 1.48. The van der Waals surface area contributed by atoms with E-state index in [9.17, 15) is 0 Å². The Hall–Kier alpha value is -0.450. The van der Waals surface area contributed by atoms with E-state index in [0.29, 0.717) is 0 Å². The van der Waals surface area contributed by atoms with Crippen LogP contribution in [0.5, 0.6) is 0 Å². The van der Waals surface area contributed by atoms with Crippen molar-refractivity contribution in [3.8, 4) is 0 Å². The molecular formula is C8H12ClN3S. The number of nitrogens with zero attached hydrogens (tertiary/aromatic N) is 3. The molecule has 2 rings (SSSR count). The molecule has 1 aliphatic heterocycles. The van der Waals surface area contributed by atoms with Crippen LogP contribution in [-0.2, 0) is 0 Å². The molecule has 0 amide bonds. The first-order valence-corrected chi connectivity index (χ1v) is 4.78. The number of aromatic nitrogens is 2. The third kappa shape index (κ3) is 2.49. The Morgan fingerprint density at radius 3 is 3.00 bits per heavy atom. The predicted octanol–water partition coefficient (Wildman–Crippen LogP) is 1.68. The average Bonchev–Trinajstić information content (AvgIpc) is 2.56. The van der Waals surface area contributed by atoms with Crippen LogP contribution >= 0.6 is 23.9 Å². The molecule has 0 atom stereocenters. The van der Waals surface area contributed by atoms with Crippen LogP contribution < -0.4 is 0 Å². The van der Waals surface area contributed by atoms with Gasteiger partial charge in [-0.25, -0.2) is 4.98 Å². The highest BCUT2D eigenvalue weighted by Crippen LogP contribution is 2.19. The second-order valence-corrected chi connectivity index (χ2v) is 3.78. The minimum atomic E-state index is 0. The van der Waals surface area contributed by atoms with Crippen molar-refractivity contribution in [3.63, 3.8) is 0 Å². The van der Waals surface area contributed by atoms with Crippen LogP contribution in [0.15, 0.2) is 12.4 Å². The minimum absolute atomic E-state index is 0. The summed E-state index contributed by atoms with van der Waals surface area (Å²) in [6, 6.07) is 0. The molecule has 0 unspecified atom stereocenters. The third-order valence-electron chi connectivity index (χ3n) is 1.98. The first-order valence-electron chi connectivity index (χ1n) is 4.01. The van der Waals surface area contributed by atoms with Crippen LogP contribution in [0.25, 0.3) is 5.57 Å². The first kappa shape index (κ1) is 10.6. The van der Waals surface area contributed by atoms with Crippen molar-refractivity contribution in [2.24, 2.45) is 0 Å². The van der Waals surface area contributed by atoms with Crippen molar-refractivity contribution in [1.29, 1.82) is 0 Å². The highest BCUT2D eigenvalue weighted by molar-refractivity contribution is 7.06. The van der Waals surface area contributed by atoms with Crippen LogP contribution in [0, 0.1) is 0 Å². The zero-order valence-electron chi connectivity index (χ0n) is 7.43. The first-order chi connectivity index (χ1) is 5.86. The van der Waals surface area contributed by atoms with Crippen molar-refractivity contribution in [1.82, 2.24) is 14.3 Å². The predicted molar refractivity (Wildman–Crippen MR) is 57.2 cm³/mol. The number of rotatable bonds is 1. The van der Waals surface area contributed by atoms with Crippen molar-refractivity contribution >= 4 is 29.5 Å². The fourth-order valence-corrected chi connectivity index (χ4v) is 1.92. The molecule has 72 valence electrons. The van der Waals surface area contributed by atoms with Gasteiger partial charge in [-0.1, -0.05) is 6.08 Å². The lowest BCUT2D eigenvalue weighted by atomic mass is 10.1. The van der Waals surface area contributed by atoms with Gasteiger partial charge < -0.3 is 4.90 Å². The third-order valence-corrected chi connectivity index (χ3v) is 2.72. The van der Waals surface area contributed by atoms with E-state index in [0.717, 1.165) is 24.5 Å². The lowest BCUT2D eigenvalue weighted by Gasteiger charge is -2.21. The summed E-state index contributed by atoms with van der Waals surface area (Å²) in [6.07, 6.45) is 5.02.